The minimum Gasteiger partial charge on any atom is -0.463 e. The van der Waals surface area contributed by atoms with Crippen molar-refractivity contribution in [2.75, 3.05) is 11.9 Å². The molecule has 1 aliphatic rings. The number of pyridine rings is 1. The summed E-state index contributed by atoms with van der Waals surface area (Å²) < 4.78 is 5.15. The Morgan fingerprint density at radius 2 is 2.23 bits per heavy atom. The average Bonchev–Trinajstić information content (AvgIpc) is 3.29. The smallest absolute Gasteiger partial charge is 0.299 e. The van der Waals surface area contributed by atoms with Crippen LogP contribution in [0.1, 0.15) is 22.3 Å². The number of H-pyrrole nitrogens is 2. The van der Waals surface area contributed by atoms with Crippen molar-refractivity contribution in [1.29, 1.82) is 0 Å². The van der Waals surface area contributed by atoms with Crippen LogP contribution in [0.4, 0.5) is 5.69 Å². The minimum atomic E-state index is -0.199. The van der Waals surface area contributed by atoms with Gasteiger partial charge in [-0.3, -0.25) is 9.78 Å². The molecule has 26 heavy (non-hydrogen) atoms. The fourth-order valence-corrected chi connectivity index (χ4v) is 2.87. The van der Waals surface area contributed by atoms with Gasteiger partial charge in [-0.1, -0.05) is 12.1 Å². The molecule has 132 valence electrons. The van der Waals surface area contributed by atoms with Crippen molar-refractivity contribution in [2.45, 2.75) is 18.9 Å². The number of aryl methyl sites for hydroxylation is 1. The SMILES string of the molecule is NC1=N[C@@H](CCc2ccc(NC(=O)c3cnc4[nH+]c[nH]c4c3)cc2)CO1. The van der Waals surface area contributed by atoms with E-state index in [0.29, 0.717) is 17.8 Å². The van der Waals surface area contributed by atoms with Crippen LogP contribution in [0, 0.1) is 0 Å². The van der Waals surface area contributed by atoms with Gasteiger partial charge in [0, 0.05) is 5.69 Å². The molecular weight excluding hydrogens is 332 g/mol. The highest BCUT2D eigenvalue weighted by Gasteiger charge is 2.16. The van der Waals surface area contributed by atoms with Crippen LogP contribution in [0.3, 0.4) is 0 Å². The molecule has 0 aliphatic carbocycles. The van der Waals surface area contributed by atoms with Gasteiger partial charge in [0.2, 0.25) is 0 Å². The number of aromatic nitrogens is 3. The Kier molecular flexibility index (Phi) is 4.22. The van der Waals surface area contributed by atoms with Crippen molar-refractivity contribution in [2.24, 2.45) is 10.7 Å². The van der Waals surface area contributed by atoms with Crippen LogP contribution in [-0.4, -0.2) is 34.5 Å². The quantitative estimate of drug-likeness (QED) is 0.641. The van der Waals surface area contributed by atoms with Crippen LogP contribution < -0.4 is 16.0 Å². The van der Waals surface area contributed by atoms with E-state index in [4.69, 9.17) is 10.5 Å². The summed E-state index contributed by atoms with van der Waals surface area (Å²) in [5, 5.41) is 2.88. The van der Waals surface area contributed by atoms with Crippen molar-refractivity contribution < 1.29 is 14.5 Å². The fraction of sp³-hybridized carbons (Fsp3) is 0.222. The number of nitrogens with two attached hydrogens (primary N) is 1. The molecule has 1 aromatic carbocycles. The predicted octanol–water partition coefficient (Wildman–Crippen LogP) is 1.28. The van der Waals surface area contributed by atoms with E-state index in [1.54, 1.807) is 18.6 Å². The number of carbonyl (C=O) groups excluding carboxylic acids is 1. The molecule has 3 heterocycles. The molecule has 8 heteroatoms. The molecule has 1 atom stereocenters. The Bertz CT molecular complexity index is 963. The molecule has 4 rings (SSSR count). The van der Waals surface area contributed by atoms with Crippen molar-refractivity contribution in [3.63, 3.8) is 0 Å². The number of aromatic amines is 2. The summed E-state index contributed by atoms with van der Waals surface area (Å²) in [6.45, 7) is 0.553. The second-order valence-electron chi connectivity index (χ2n) is 6.18. The summed E-state index contributed by atoms with van der Waals surface area (Å²) in [5.74, 6) is -0.199. The molecule has 0 saturated carbocycles. The molecule has 1 aliphatic heterocycles. The minimum absolute atomic E-state index is 0.127. The monoisotopic (exact) mass is 351 g/mol. The van der Waals surface area contributed by atoms with Crippen molar-refractivity contribution in [1.82, 2.24) is 9.97 Å². The van der Waals surface area contributed by atoms with Gasteiger partial charge in [0.15, 0.2) is 11.8 Å². The molecule has 0 radical (unpaired) electrons. The lowest BCUT2D eigenvalue weighted by Crippen LogP contribution is -2.12. The number of nitrogens with one attached hydrogen (secondary N) is 3. The van der Waals surface area contributed by atoms with Gasteiger partial charge < -0.3 is 15.8 Å². The van der Waals surface area contributed by atoms with Crippen molar-refractivity contribution in [3.05, 3.63) is 54.0 Å². The maximum Gasteiger partial charge on any atom is 0.299 e. The summed E-state index contributed by atoms with van der Waals surface area (Å²) in [6, 6.07) is 9.95. The molecule has 0 fully saturated rings. The fourth-order valence-electron chi connectivity index (χ4n) is 2.87. The van der Waals surface area contributed by atoms with E-state index >= 15 is 0 Å². The van der Waals surface area contributed by atoms with E-state index in [2.05, 4.69) is 25.3 Å². The highest BCUT2D eigenvalue weighted by atomic mass is 16.5. The normalized spacial score (nSPS) is 16.3. The van der Waals surface area contributed by atoms with E-state index < -0.39 is 0 Å². The molecule has 0 bridgehead atoms. The maximum atomic E-state index is 12.4. The standard InChI is InChI=1S/C18H18N6O2/c19-18-24-14(9-26-18)6-3-11-1-4-13(5-2-11)23-17(25)12-7-15-16(20-8-12)22-10-21-15/h1-2,4-5,7-8,10,14H,3,6,9H2,(H2,19,24)(H,23,25)(H,20,21,22)/p+1/t14-/m0/s1. The van der Waals surface area contributed by atoms with Crippen LogP contribution in [0.15, 0.2) is 47.8 Å². The molecule has 8 nitrogen and oxygen atoms in total. The number of rotatable bonds is 5. The third-order valence-corrected chi connectivity index (χ3v) is 4.30. The van der Waals surface area contributed by atoms with Gasteiger partial charge in [0.05, 0.1) is 11.6 Å². The Morgan fingerprint density at radius 1 is 1.38 bits per heavy atom. The lowest BCUT2D eigenvalue weighted by molar-refractivity contribution is -0.347. The van der Waals surface area contributed by atoms with E-state index in [9.17, 15) is 4.79 Å². The lowest BCUT2D eigenvalue weighted by atomic mass is 10.1. The molecule has 1 amide bonds. The number of amidine groups is 1. The lowest BCUT2D eigenvalue weighted by Gasteiger charge is -2.07. The zero-order valence-electron chi connectivity index (χ0n) is 14.0. The van der Waals surface area contributed by atoms with Gasteiger partial charge >= 0.3 is 0 Å². The molecule has 2 aromatic heterocycles. The first kappa shape index (κ1) is 16.1. The Morgan fingerprint density at radius 3 is 3.00 bits per heavy atom. The summed E-state index contributed by atoms with van der Waals surface area (Å²) >= 11 is 0. The van der Waals surface area contributed by atoms with E-state index in [1.165, 1.54) is 5.56 Å². The molecule has 3 aromatic rings. The molecule has 0 spiro atoms. The van der Waals surface area contributed by atoms with Crippen molar-refractivity contribution >= 4 is 28.8 Å². The topological polar surface area (TPSA) is 120 Å². The number of ether oxygens (including phenoxy) is 1. The summed E-state index contributed by atoms with van der Waals surface area (Å²) in [4.78, 5) is 26.8. The Labute approximate surface area is 149 Å². The number of carbonyl (C=O) groups is 1. The van der Waals surface area contributed by atoms with Crippen LogP contribution >= 0.6 is 0 Å². The molecule has 0 unspecified atom stereocenters. The van der Waals surface area contributed by atoms with Crippen LogP contribution in [-0.2, 0) is 11.2 Å². The number of anilines is 1. The van der Waals surface area contributed by atoms with Gasteiger partial charge in [0.1, 0.15) is 12.8 Å². The molecule has 0 saturated heterocycles. The van der Waals surface area contributed by atoms with E-state index in [1.807, 2.05) is 24.3 Å². The van der Waals surface area contributed by atoms with E-state index in [-0.39, 0.29) is 18.0 Å². The second-order valence-corrected chi connectivity index (χ2v) is 6.18. The first-order chi connectivity index (χ1) is 12.7. The second kappa shape index (κ2) is 6.83. The number of hydrogen-bond acceptors (Lipinski definition) is 5. The first-order valence-electron chi connectivity index (χ1n) is 8.38. The van der Waals surface area contributed by atoms with Gasteiger partial charge in [-0.15, -0.1) is 4.98 Å². The highest BCUT2D eigenvalue weighted by molar-refractivity contribution is 6.05. The molecule has 5 N–H and O–H groups in total. The predicted molar refractivity (Wildman–Crippen MR) is 96.7 cm³/mol. The maximum absolute atomic E-state index is 12.4. The summed E-state index contributed by atoms with van der Waals surface area (Å²) in [6.07, 6.45) is 4.98. The third kappa shape index (κ3) is 3.49. The van der Waals surface area contributed by atoms with Crippen LogP contribution in [0.5, 0.6) is 0 Å². The van der Waals surface area contributed by atoms with Crippen molar-refractivity contribution in [3.8, 4) is 0 Å². The first-order valence-corrected chi connectivity index (χ1v) is 8.38. The number of aliphatic imine (C=N–C) groups is 1. The number of fused-ring (bicyclic) bond motifs is 1. The number of imidazole rings is 1. The number of nitrogens with zero attached hydrogens (tertiary/aromatic N) is 2. The highest BCUT2D eigenvalue weighted by Crippen LogP contribution is 2.16. The van der Waals surface area contributed by atoms with Gasteiger partial charge in [0.25, 0.3) is 17.6 Å². The largest absolute Gasteiger partial charge is 0.463 e. The molecular formula is C18H19N6O2+. The van der Waals surface area contributed by atoms with Gasteiger partial charge in [-0.25, -0.2) is 9.98 Å². The summed E-state index contributed by atoms with van der Waals surface area (Å²) in [7, 11) is 0. The Hall–Kier alpha value is -3.42. The summed E-state index contributed by atoms with van der Waals surface area (Å²) in [5.41, 5.74) is 9.42. The van der Waals surface area contributed by atoms with E-state index in [0.717, 1.165) is 24.0 Å². The third-order valence-electron chi connectivity index (χ3n) is 4.30. The van der Waals surface area contributed by atoms with Gasteiger partial charge in [-0.05, 0) is 36.6 Å². The van der Waals surface area contributed by atoms with Gasteiger partial charge in [-0.2, -0.15) is 0 Å². The average molecular weight is 351 g/mol. The zero-order chi connectivity index (χ0) is 17.9. The van der Waals surface area contributed by atoms with Crippen LogP contribution in [0.2, 0.25) is 0 Å². The van der Waals surface area contributed by atoms with Crippen LogP contribution in [0.25, 0.3) is 11.2 Å². The zero-order valence-corrected chi connectivity index (χ0v) is 14.0. The number of amides is 1. The Balaban J connectivity index is 1.36. The number of benzene rings is 1. The number of hydrogen-bond donors (Lipinski definition) is 3.